The third-order valence-corrected chi connectivity index (χ3v) is 3.34. The Balaban J connectivity index is 1.70. The van der Waals surface area contributed by atoms with Crippen LogP contribution in [0.5, 0.6) is 0 Å². The van der Waals surface area contributed by atoms with Crippen molar-refractivity contribution >= 4 is 17.7 Å². The number of hydrogen-bond donors (Lipinski definition) is 0. The molecule has 17 heavy (non-hydrogen) atoms. The van der Waals surface area contributed by atoms with Crippen molar-refractivity contribution in [1.29, 1.82) is 0 Å². The molecule has 0 saturated carbocycles. The molecule has 0 N–H and O–H groups in total. The highest BCUT2D eigenvalue weighted by Crippen LogP contribution is 2.14. The maximum Gasteiger partial charge on any atom is 0.230 e. The molecule has 0 fully saturated rings. The minimum absolute atomic E-state index is 0.117. The Labute approximate surface area is 103 Å². The predicted molar refractivity (Wildman–Crippen MR) is 63.8 cm³/mol. The summed E-state index contributed by atoms with van der Waals surface area (Å²) >= 11 is 1.56. The third-order valence-electron chi connectivity index (χ3n) is 2.24. The molecule has 0 aliphatic heterocycles. The van der Waals surface area contributed by atoms with E-state index in [0.717, 1.165) is 17.3 Å². The van der Waals surface area contributed by atoms with E-state index in [1.54, 1.807) is 40.5 Å². The van der Waals surface area contributed by atoms with Crippen LogP contribution >= 0.6 is 11.8 Å². The summed E-state index contributed by atoms with van der Waals surface area (Å²) in [6.07, 6.45) is 4.88. The zero-order chi connectivity index (χ0) is 12.1. The van der Waals surface area contributed by atoms with E-state index in [9.17, 15) is 4.79 Å². The maximum atomic E-state index is 11.6. The van der Waals surface area contributed by atoms with Gasteiger partial charge in [0.05, 0.1) is 0 Å². The van der Waals surface area contributed by atoms with Gasteiger partial charge < -0.3 is 0 Å². The Morgan fingerprint density at radius 1 is 1.41 bits per heavy atom. The van der Waals surface area contributed by atoms with E-state index in [2.05, 4.69) is 15.5 Å². The lowest BCUT2D eigenvalue weighted by Crippen LogP contribution is -2.07. The molecule has 2 heterocycles. The molecule has 0 amide bonds. The van der Waals surface area contributed by atoms with Crippen LogP contribution in [0.1, 0.15) is 17.6 Å². The highest BCUT2D eigenvalue weighted by molar-refractivity contribution is 7.99. The molecular weight excluding hydrogens is 238 g/mol. The average molecular weight is 251 g/mol. The molecular formula is C10H13N5OS. The highest BCUT2D eigenvalue weighted by Gasteiger charge is 2.05. The number of aryl methyl sites for hydroxylation is 1. The number of thioether (sulfide) groups is 1. The summed E-state index contributed by atoms with van der Waals surface area (Å²) < 4.78 is 3.23. The van der Waals surface area contributed by atoms with Crippen molar-refractivity contribution in [3.63, 3.8) is 0 Å². The molecule has 0 atom stereocenters. The Hall–Kier alpha value is -1.63. The van der Waals surface area contributed by atoms with Gasteiger partial charge >= 0.3 is 0 Å². The number of carbonyl (C=O) groups excluding carboxylic acids is 1. The molecule has 0 spiro atoms. The molecule has 2 rings (SSSR count). The van der Waals surface area contributed by atoms with Crippen LogP contribution < -0.4 is 0 Å². The maximum absolute atomic E-state index is 11.6. The molecule has 2 aromatic rings. The fourth-order valence-electron chi connectivity index (χ4n) is 1.36. The van der Waals surface area contributed by atoms with Crippen molar-refractivity contribution in [3.8, 4) is 0 Å². The molecule has 0 aliphatic rings. The Kier molecular flexibility index (Phi) is 3.92. The number of aromatic nitrogens is 5. The summed E-state index contributed by atoms with van der Waals surface area (Å²) in [6, 6.07) is 3.69. The molecule has 0 unspecified atom stereocenters. The van der Waals surface area contributed by atoms with Gasteiger partial charge in [-0.15, -0.1) is 5.10 Å². The predicted octanol–water partition coefficient (Wildman–Crippen LogP) is 1.22. The average Bonchev–Trinajstić information content (AvgIpc) is 2.96. The van der Waals surface area contributed by atoms with Crippen LogP contribution in [0.3, 0.4) is 0 Å². The van der Waals surface area contributed by atoms with Crippen molar-refractivity contribution in [2.75, 3.05) is 5.75 Å². The second-order valence-electron chi connectivity index (χ2n) is 3.52. The van der Waals surface area contributed by atoms with Crippen molar-refractivity contribution in [2.24, 2.45) is 7.05 Å². The lowest BCUT2D eigenvalue weighted by atomic mass is 10.3. The summed E-state index contributed by atoms with van der Waals surface area (Å²) in [5.41, 5.74) is 0. The fraction of sp³-hybridized carbons (Fsp3) is 0.400. The monoisotopic (exact) mass is 251 g/mol. The lowest BCUT2D eigenvalue weighted by Gasteiger charge is -2.01. The fourth-order valence-corrected chi connectivity index (χ4v) is 2.15. The van der Waals surface area contributed by atoms with Crippen LogP contribution in [-0.4, -0.2) is 36.4 Å². The lowest BCUT2D eigenvalue weighted by molar-refractivity contribution is 0.0902. The van der Waals surface area contributed by atoms with Crippen LogP contribution in [0.2, 0.25) is 0 Å². The summed E-state index contributed by atoms with van der Waals surface area (Å²) in [5.74, 6) is 0.952. The van der Waals surface area contributed by atoms with Crippen molar-refractivity contribution in [2.45, 2.75) is 18.0 Å². The largest absolute Gasteiger partial charge is 0.295 e. The van der Waals surface area contributed by atoms with E-state index in [1.165, 1.54) is 0 Å². The SMILES string of the molecule is Cn1nnnc1SCCCC(=O)n1cccc1. The van der Waals surface area contributed by atoms with E-state index < -0.39 is 0 Å². The van der Waals surface area contributed by atoms with Crippen LogP contribution in [-0.2, 0) is 7.05 Å². The van der Waals surface area contributed by atoms with Gasteiger partial charge in [-0.2, -0.15) is 0 Å². The number of hydrogen-bond acceptors (Lipinski definition) is 5. The van der Waals surface area contributed by atoms with Gasteiger partial charge in [-0.25, -0.2) is 4.68 Å². The smallest absolute Gasteiger partial charge is 0.230 e. The first-order chi connectivity index (χ1) is 8.27. The summed E-state index contributed by atoms with van der Waals surface area (Å²) in [6.45, 7) is 0. The van der Waals surface area contributed by atoms with Gasteiger partial charge in [0.15, 0.2) is 0 Å². The van der Waals surface area contributed by atoms with Crippen LogP contribution in [0.15, 0.2) is 29.7 Å². The first-order valence-corrected chi connectivity index (χ1v) is 6.27. The third kappa shape index (κ3) is 3.16. The van der Waals surface area contributed by atoms with E-state index in [4.69, 9.17) is 0 Å². The van der Waals surface area contributed by atoms with Crippen molar-refractivity contribution in [3.05, 3.63) is 24.5 Å². The second kappa shape index (κ2) is 5.62. The number of nitrogens with zero attached hydrogens (tertiary/aromatic N) is 5. The minimum atomic E-state index is 0.117. The van der Waals surface area contributed by atoms with E-state index in [-0.39, 0.29) is 5.91 Å². The standard InChI is InChI=1S/C10H13N5OS/c1-14-10(11-12-13-14)17-8-4-5-9(16)15-6-2-3-7-15/h2-3,6-7H,4-5,8H2,1H3. The molecule has 0 bridgehead atoms. The van der Waals surface area contributed by atoms with Crippen LogP contribution in [0.4, 0.5) is 0 Å². The quantitative estimate of drug-likeness (QED) is 0.590. The number of tetrazole rings is 1. The van der Waals surface area contributed by atoms with Gasteiger partial charge in [-0.05, 0) is 29.0 Å². The summed E-state index contributed by atoms with van der Waals surface area (Å²) in [4.78, 5) is 11.6. The second-order valence-corrected chi connectivity index (χ2v) is 4.58. The zero-order valence-corrected chi connectivity index (χ0v) is 10.3. The van der Waals surface area contributed by atoms with Crippen LogP contribution in [0.25, 0.3) is 0 Å². The van der Waals surface area contributed by atoms with Crippen molar-refractivity contribution in [1.82, 2.24) is 24.8 Å². The van der Waals surface area contributed by atoms with Gasteiger partial charge in [0.1, 0.15) is 0 Å². The summed E-state index contributed by atoms with van der Waals surface area (Å²) in [7, 11) is 1.80. The van der Waals surface area contributed by atoms with Crippen molar-refractivity contribution < 1.29 is 4.79 Å². The molecule has 90 valence electrons. The Bertz CT molecular complexity index is 479. The minimum Gasteiger partial charge on any atom is -0.295 e. The van der Waals surface area contributed by atoms with Gasteiger partial charge in [0.25, 0.3) is 0 Å². The number of rotatable bonds is 5. The summed E-state index contributed by atoms with van der Waals surface area (Å²) in [5, 5.41) is 11.9. The van der Waals surface area contributed by atoms with Gasteiger partial charge in [0, 0.05) is 31.6 Å². The Morgan fingerprint density at radius 3 is 2.82 bits per heavy atom. The molecule has 7 heteroatoms. The molecule has 0 aromatic carbocycles. The molecule has 6 nitrogen and oxygen atoms in total. The first kappa shape index (κ1) is 11.8. The van der Waals surface area contributed by atoms with E-state index in [1.807, 2.05) is 12.1 Å². The van der Waals surface area contributed by atoms with E-state index >= 15 is 0 Å². The Morgan fingerprint density at radius 2 is 2.18 bits per heavy atom. The zero-order valence-electron chi connectivity index (χ0n) is 9.48. The van der Waals surface area contributed by atoms with Crippen LogP contribution in [0, 0.1) is 0 Å². The van der Waals surface area contributed by atoms with Gasteiger partial charge in [-0.3, -0.25) is 9.36 Å². The molecule has 0 saturated heterocycles. The topological polar surface area (TPSA) is 65.6 Å². The first-order valence-electron chi connectivity index (χ1n) is 5.28. The number of carbonyl (C=O) groups is 1. The van der Waals surface area contributed by atoms with Gasteiger partial charge in [0.2, 0.25) is 11.1 Å². The normalized spacial score (nSPS) is 10.6. The highest BCUT2D eigenvalue weighted by atomic mass is 32.2. The van der Waals surface area contributed by atoms with E-state index in [0.29, 0.717) is 6.42 Å². The molecule has 0 radical (unpaired) electrons. The molecule has 2 aromatic heterocycles. The van der Waals surface area contributed by atoms with Gasteiger partial charge in [-0.1, -0.05) is 11.8 Å². The molecule has 0 aliphatic carbocycles.